The highest BCUT2D eigenvalue weighted by atomic mass is 35.5. The summed E-state index contributed by atoms with van der Waals surface area (Å²) in [6, 6.07) is 5.50. The minimum Gasteiger partial charge on any atom is -0.478 e. The summed E-state index contributed by atoms with van der Waals surface area (Å²) in [5.41, 5.74) is 0.954. The third-order valence-electron chi connectivity index (χ3n) is 2.77. The molecule has 2 heterocycles. The number of hydrogen-bond donors (Lipinski definition) is 2. The van der Waals surface area contributed by atoms with Gasteiger partial charge in [0.05, 0.1) is 16.6 Å². The molecular formula is C13H7ClFN3O2. The van der Waals surface area contributed by atoms with E-state index in [1.165, 1.54) is 30.5 Å². The Bertz CT molecular complexity index is 832. The highest BCUT2D eigenvalue weighted by Gasteiger charge is 2.13. The number of nitrogens with zero attached hydrogens (tertiary/aromatic N) is 2. The van der Waals surface area contributed by atoms with Gasteiger partial charge in [-0.15, -0.1) is 0 Å². The highest BCUT2D eigenvalue weighted by molar-refractivity contribution is 6.30. The first kappa shape index (κ1) is 12.6. The van der Waals surface area contributed by atoms with Gasteiger partial charge in [-0.25, -0.2) is 19.2 Å². The zero-order valence-corrected chi connectivity index (χ0v) is 10.6. The molecule has 20 heavy (non-hydrogen) atoms. The molecular weight excluding hydrogens is 285 g/mol. The number of H-pyrrole nitrogens is 1. The van der Waals surface area contributed by atoms with E-state index in [4.69, 9.17) is 16.7 Å². The molecule has 0 radical (unpaired) electrons. The second kappa shape index (κ2) is 4.57. The van der Waals surface area contributed by atoms with Gasteiger partial charge in [0, 0.05) is 11.2 Å². The standard InChI is InChI=1S/C13H7ClFN3O2/c14-7-1-2-9(15)8(4-7)11-17-10-3-6(13(19)20)5-16-12(10)18-11/h1-5H,(H,19,20)(H,16,17,18). The number of benzene rings is 1. The maximum absolute atomic E-state index is 13.8. The van der Waals surface area contributed by atoms with Gasteiger partial charge in [-0.05, 0) is 24.3 Å². The number of halogens is 2. The third-order valence-corrected chi connectivity index (χ3v) is 3.00. The fourth-order valence-corrected chi connectivity index (χ4v) is 2.00. The van der Waals surface area contributed by atoms with E-state index in [1.54, 1.807) is 0 Å². The van der Waals surface area contributed by atoms with E-state index in [1.807, 2.05) is 0 Å². The van der Waals surface area contributed by atoms with Crippen LogP contribution in [0.4, 0.5) is 4.39 Å². The first-order valence-corrected chi connectivity index (χ1v) is 5.97. The van der Waals surface area contributed by atoms with Gasteiger partial charge in [-0.2, -0.15) is 0 Å². The molecule has 5 nitrogen and oxygen atoms in total. The zero-order chi connectivity index (χ0) is 14.3. The van der Waals surface area contributed by atoms with Crippen LogP contribution in [-0.4, -0.2) is 26.0 Å². The number of carboxylic acid groups (broad SMARTS) is 1. The lowest BCUT2D eigenvalue weighted by Gasteiger charge is -1.99. The number of rotatable bonds is 2. The molecule has 100 valence electrons. The van der Waals surface area contributed by atoms with Crippen LogP contribution >= 0.6 is 11.6 Å². The number of hydrogen-bond acceptors (Lipinski definition) is 3. The van der Waals surface area contributed by atoms with Crippen molar-refractivity contribution in [2.75, 3.05) is 0 Å². The van der Waals surface area contributed by atoms with Gasteiger partial charge in [-0.3, -0.25) is 0 Å². The summed E-state index contributed by atoms with van der Waals surface area (Å²) >= 11 is 5.83. The third kappa shape index (κ3) is 2.10. The van der Waals surface area contributed by atoms with E-state index < -0.39 is 11.8 Å². The molecule has 0 unspecified atom stereocenters. The number of pyridine rings is 1. The van der Waals surface area contributed by atoms with Crippen molar-refractivity contribution in [3.63, 3.8) is 0 Å². The van der Waals surface area contributed by atoms with E-state index in [-0.39, 0.29) is 17.0 Å². The van der Waals surface area contributed by atoms with Crippen LogP contribution in [0.15, 0.2) is 30.5 Å². The quantitative estimate of drug-likeness (QED) is 0.760. The van der Waals surface area contributed by atoms with E-state index in [9.17, 15) is 9.18 Å². The van der Waals surface area contributed by atoms with Gasteiger partial charge in [-0.1, -0.05) is 11.6 Å². The fraction of sp³-hybridized carbons (Fsp3) is 0. The first-order chi connectivity index (χ1) is 9.54. The van der Waals surface area contributed by atoms with Crippen LogP contribution < -0.4 is 0 Å². The molecule has 0 saturated carbocycles. The molecule has 0 spiro atoms. The summed E-state index contributed by atoms with van der Waals surface area (Å²) in [6.07, 6.45) is 1.20. The monoisotopic (exact) mass is 291 g/mol. The smallest absolute Gasteiger partial charge is 0.337 e. The van der Waals surface area contributed by atoms with Gasteiger partial charge in [0.15, 0.2) is 5.65 Å². The van der Waals surface area contributed by atoms with Crippen molar-refractivity contribution >= 4 is 28.7 Å². The predicted molar refractivity (Wildman–Crippen MR) is 71.3 cm³/mol. The van der Waals surface area contributed by atoms with E-state index in [2.05, 4.69) is 15.0 Å². The Morgan fingerprint density at radius 1 is 1.35 bits per heavy atom. The van der Waals surface area contributed by atoms with Crippen LogP contribution in [-0.2, 0) is 0 Å². The van der Waals surface area contributed by atoms with Crippen LogP contribution in [0.25, 0.3) is 22.6 Å². The SMILES string of the molecule is O=C(O)c1cnc2nc(-c3cc(Cl)ccc3F)[nH]c2c1. The lowest BCUT2D eigenvalue weighted by atomic mass is 10.2. The Balaban J connectivity index is 2.17. The molecule has 3 rings (SSSR count). The number of carboxylic acids is 1. The largest absolute Gasteiger partial charge is 0.478 e. The Labute approximate surface area is 117 Å². The second-order valence-corrected chi connectivity index (χ2v) is 4.55. The molecule has 0 aliphatic heterocycles. The van der Waals surface area contributed by atoms with Gasteiger partial charge in [0.25, 0.3) is 0 Å². The van der Waals surface area contributed by atoms with Gasteiger partial charge < -0.3 is 10.1 Å². The van der Waals surface area contributed by atoms with Crippen LogP contribution in [0.3, 0.4) is 0 Å². The second-order valence-electron chi connectivity index (χ2n) is 4.11. The predicted octanol–water partition coefficient (Wildman–Crippen LogP) is 3.12. The lowest BCUT2D eigenvalue weighted by Crippen LogP contribution is -1.96. The van der Waals surface area contributed by atoms with Gasteiger partial charge in [0.1, 0.15) is 11.6 Å². The van der Waals surface area contributed by atoms with Crippen LogP contribution in [0.2, 0.25) is 5.02 Å². The van der Waals surface area contributed by atoms with E-state index in [0.717, 1.165) is 0 Å². The number of aromatic carboxylic acids is 1. The molecule has 1 aromatic carbocycles. The topological polar surface area (TPSA) is 78.9 Å². The minimum absolute atomic E-state index is 0.0271. The number of aromatic nitrogens is 3. The normalized spacial score (nSPS) is 10.9. The molecule has 0 fully saturated rings. The molecule has 0 aliphatic carbocycles. The fourth-order valence-electron chi connectivity index (χ4n) is 1.82. The van der Waals surface area contributed by atoms with Crippen molar-refractivity contribution in [1.82, 2.24) is 15.0 Å². The van der Waals surface area contributed by atoms with Crippen molar-refractivity contribution < 1.29 is 14.3 Å². The molecule has 0 aliphatic rings. The zero-order valence-electron chi connectivity index (χ0n) is 9.89. The molecule has 2 N–H and O–H groups in total. The molecule has 0 atom stereocenters. The van der Waals surface area contributed by atoms with Crippen LogP contribution in [0.5, 0.6) is 0 Å². The van der Waals surface area contributed by atoms with Gasteiger partial charge in [0.2, 0.25) is 0 Å². The number of imidazole rings is 1. The van der Waals surface area contributed by atoms with Crippen molar-refractivity contribution in [3.8, 4) is 11.4 Å². The Morgan fingerprint density at radius 2 is 2.15 bits per heavy atom. The van der Waals surface area contributed by atoms with Crippen molar-refractivity contribution in [1.29, 1.82) is 0 Å². The van der Waals surface area contributed by atoms with Crippen molar-refractivity contribution in [3.05, 3.63) is 46.9 Å². The summed E-state index contributed by atoms with van der Waals surface area (Å²) in [5, 5.41) is 9.27. The van der Waals surface area contributed by atoms with E-state index in [0.29, 0.717) is 16.2 Å². The first-order valence-electron chi connectivity index (χ1n) is 5.59. The molecule has 7 heteroatoms. The summed E-state index contributed by atoms with van der Waals surface area (Å²) < 4.78 is 13.8. The molecule has 3 aromatic rings. The minimum atomic E-state index is -1.09. The van der Waals surface area contributed by atoms with Gasteiger partial charge >= 0.3 is 5.97 Å². The average Bonchev–Trinajstić information content (AvgIpc) is 2.83. The maximum Gasteiger partial charge on any atom is 0.337 e. The highest BCUT2D eigenvalue weighted by Crippen LogP contribution is 2.25. The average molecular weight is 292 g/mol. The molecule has 0 bridgehead atoms. The Hall–Kier alpha value is -2.47. The number of fused-ring (bicyclic) bond motifs is 1. The molecule has 0 saturated heterocycles. The summed E-state index contributed by atoms with van der Waals surface area (Å²) in [7, 11) is 0. The maximum atomic E-state index is 13.8. The lowest BCUT2D eigenvalue weighted by molar-refractivity contribution is 0.0696. The van der Waals surface area contributed by atoms with Crippen molar-refractivity contribution in [2.24, 2.45) is 0 Å². The Kier molecular flexibility index (Phi) is 2.87. The summed E-state index contributed by atoms with van der Waals surface area (Å²) in [5.74, 6) is -1.33. The van der Waals surface area contributed by atoms with Crippen molar-refractivity contribution in [2.45, 2.75) is 0 Å². The number of aromatic amines is 1. The summed E-state index contributed by atoms with van der Waals surface area (Å²) in [6.45, 7) is 0. The van der Waals surface area contributed by atoms with Crippen LogP contribution in [0.1, 0.15) is 10.4 Å². The van der Waals surface area contributed by atoms with E-state index >= 15 is 0 Å². The number of carbonyl (C=O) groups is 1. The molecule has 2 aromatic heterocycles. The van der Waals surface area contributed by atoms with Crippen LogP contribution in [0, 0.1) is 5.82 Å². The number of nitrogens with one attached hydrogen (secondary N) is 1. The Morgan fingerprint density at radius 3 is 2.90 bits per heavy atom. The summed E-state index contributed by atoms with van der Waals surface area (Å²) in [4.78, 5) is 21.8. The molecule has 0 amide bonds.